The topological polar surface area (TPSA) is 97.2 Å². The van der Waals surface area contributed by atoms with Crippen LogP contribution in [0.3, 0.4) is 0 Å². The molecular formula is C14H14N4O3. The van der Waals surface area contributed by atoms with Gasteiger partial charge in [-0.15, -0.1) is 0 Å². The van der Waals surface area contributed by atoms with Crippen LogP contribution in [0.15, 0.2) is 42.7 Å². The van der Waals surface area contributed by atoms with E-state index in [1.807, 2.05) is 6.07 Å². The fraction of sp³-hybridized carbons (Fsp3) is 0.143. The third kappa shape index (κ3) is 4.00. The summed E-state index contributed by atoms with van der Waals surface area (Å²) in [6.45, 7) is 1.97. The van der Waals surface area contributed by atoms with Crippen LogP contribution in [0.5, 0.6) is 0 Å². The fourth-order valence-corrected chi connectivity index (χ4v) is 1.74. The molecule has 2 N–H and O–H groups in total. The van der Waals surface area contributed by atoms with Crippen LogP contribution in [0, 0.1) is 17.0 Å². The Bertz CT molecular complexity index is 659. The maximum Gasteiger partial charge on any atom is 0.319 e. The molecule has 0 aliphatic carbocycles. The zero-order valence-electron chi connectivity index (χ0n) is 11.4. The number of pyridine rings is 1. The maximum atomic E-state index is 11.7. The second-order valence-electron chi connectivity index (χ2n) is 4.43. The molecule has 7 heteroatoms. The third-order valence-corrected chi connectivity index (χ3v) is 2.84. The number of aryl methyl sites for hydroxylation is 1. The monoisotopic (exact) mass is 286 g/mol. The molecule has 21 heavy (non-hydrogen) atoms. The molecule has 0 fully saturated rings. The summed E-state index contributed by atoms with van der Waals surface area (Å²) in [5, 5.41) is 16.1. The Kier molecular flexibility index (Phi) is 4.45. The standard InChI is InChI=1S/C14H14N4O3/c1-10-4-5-12(7-13(10)18(20)21)17-14(19)16-9-11-3-2-6-15-8-11/h2-8H,9H2,1H3,(H2,16,17,19). The van der Waals surface area contributed by atoms with Crippen LogP contribution in [0.25, 0.3) is 0 Å². The maximum absolute atomic E-state index is 11.7. The third-order valence-electron chi connectivity index (χ3n) is 2.84. The van der Waals surface area contributed by atoms with Gasteiger partial charge in [0.1, 0.15) is 0 Å². The van der Waals surface area contributed by atoms with Crippen molar-refractivity contribution in [1.29, 1.82) is 0 Å². The highest BCUT2D eigenvalue weighted by Crippen LogP contribution is 2.22. The van der Waals surface area contributed by atoms with Crippen molar-refractivity contribution < 1.29 is 9.72 Å². The molecule has 0 atom stereocenters. The summed E-state index contributed by atoms with van der Waals surface area (Å²) in [5.41, 5.74) is 1.75. The van der Waals surface area contributed by atoms with Gasteiger partial charge < -0.3 is 10.6 Å². The first-order valence-electron chi connectivity index (χ1n) is 6.25. The van der Waals surface area contributed by atoms with E-state index >= 15 is 0 Å². The quantitative estimate of drug-likeness (QED) is 0.666. The molecule has 108 valence electrons. The molecule has 0 saturated carbocycles. The predicted molar refractivity (Wildman–Crippen MR) is 77.9 cm³/mol. The van der Waals surface area contributed by atoms with Gasteiger partial charge in [0, 0.05) is 36.3 Å². The van der Waals surface area contributed by atoms with Crippen LogP contribution in [0.2, 0.25) is 0 Å². The van der Waals surface area contributed by atoms with Crippen molar-refractivity contribution in [2.45, 2.75) is 13.5 Å². The molecule has 0 spiro atoms. The van der Waals surface area contributed by atoms with Gasteiger partial charge in [-0.05, 0) is 24.6 Å². The van der Waals surface area contributed by atoms with Crippen molar-refractivity contribution in [1.82, 2.24) is 10.3 Å². The molecule has 1 aromatic heterocycles. The Morgan fingerprint density at radius 2 is 2.19 bits per heavy atom. The molecule has 1 aromatic carbocycles. The number of urea groups is 1. The van der Waals surface area contributed by atoms with Crippen LogP contribution in [-0.2, 0) is 6.54 Å². The van der Waals surface area contributed by atoms with Gasteiger partial charge in [0.05, 0.1) is 4.92 Å². The van der Waals surface area contributed by atoms with E-state index in [0.29, 0.717) is 17.8 Å². The van der Waals surface area contributed by atoms with Gasteiger partial charge in [-0.2, -0.15) is 0 Å². The van der Waals surface area contributed by atoms with Gasteiger partial charge in [0.2, 0.25) is 0 Å². The molecule has 0 bridgehead atoms. The number of hydrogen-bond acceptors (Lipinski definition) is 4. The van der Waals surface area contributed by atoms with E-state index in [1.165, 1.54) is 6.07 Å². The normalized spacial score (nSPS) is 9.95. The lowest BCUT2D eigenvalue weighted by Gasteiger charge is -2.08. The second kappa shape index (κ2) is 6.47. The van der Waals surface area contributed by atoms with E-state index in [1.54, 1.807) is 37.5 Å². The average Bonchev–Trinajstić information content (AvgIpc) is 2.48. The Balaban J connectivity index is 1.97. The highest BCUT2D eigenvalue weighted by Gasteiger charge is 2.12. The first kappa shape index (κ1) is 14.4. The summed E-state index contributed by atoms with van der Waals surface area (Å²) in [5.74, 6) is 0. The molecule has 7 nitrogen and oxygen atoms in total. The van der Waals surface area contributed by atoms with Gasteiger partial charge in [0.25, 0.3) is 5.69 Å². The number of amides is 2. The summed E-state index contributed by atoms with van der Waals surface area (Å²) in [4.78, 5) is 26.0. The summed E-state index contributed by atoms with van der Waals surface area (Å²) in [7, 11) is 0. The van der Waals surface area contributed by atoms with Crippen LogP contribution in [0.1, 0.15) is 11.1 Å². The van der Waals surface area contributed by atoms with Gasteiger partial charge >= 0.3 is 6.03 Å². The predicted octanol–water partition coefficient (Wildman–Crippen LogP) is 2.62. The molecule has 0 saturated heterocycles. The van der Waals surface area contributed by atoms with Crippen LogP contribution >= 0.6 is 0 Å². The van der Waals surface area contributed by atoms with Crippen molar-refractivity contribution >= 4 is 17.4 Å². The van der Waals surface area contributed by atoms with Crippen LogP contribution < -0.4 is 10.6 Å². The molecule has 0 radical (unpaired) electrons. The van der Waals surface area contributed by atoms with E-state index in [0.717, 1.165) is 5.56 Å². The molecule has 0 aliphatic rings. The number of nitro groups is 1. The molecular weight excluding hydrogens is 272 g/mol. The van der Waals surface area contributed by atoms with Crippen LogP contribution in [-0.4, -0.2) is 15.9 Å². The van der Waals surface area contributed by atoms with E-state index in [4.69, 9.17) is 0 Å². The SMILES string of the molecule is Cc1ccc(NC(=O)NCc2cccnc2)cc1[N+](=O)[O-]. The zero-order chi connectivity index (χ0) is 15.2. The molecule has 0 unspecified atom stereocenters. The van der Waals surface area contributed by atoms with Crippen LogP contribution in [0.4, 0.5) is 16.2 Å². The van der Waals surface area contributed by atoms with Gasteiger partial charge in [0.15, 0.2) is 0 Å². The highest BCUT2D eigenvalue weighted by molar-refractivity contribution is 5.89. The van der Waals surface area contributed by atoms with Gasteiger partial charge in [-0.1, -0.05) is 12.1 Å². The number of anilines is 1. The first-order valence-corrected chi connectivity index (χ1v) is 6.25. The molecule has 2 rings (SSSR count). The molecule has 2 amide bonds. The van der Waals surface area contributed by atoms with Crippen molar-refractivity contribution in [3.63, 3.8) is 0 Å². The lowest BCUT2D eigenvalue weighted by molar-refractivity contribution is -0.385. The van der Waals surface area contributed by atoms with E-state index in [9.17, 15) is 14.9 Å². The van der Waals surface area contributed by atoms with Crippen molar-refractivity contribution in [2.75, 3.05) is 5.32 Å². The van der Waals surface area contributed by atoms with Crippen molar-refractivity contribution in [3.05, 3.63) is 64.0 Å². The van der Waals surface area contributed by atoms with Crippen molar-refractivity contribution in [3.8, 4) is 0 Å². The van der Waals surface area contributed by atoms with E-state index in [-0.39, 0.29) is 5.69 Å². The average molecular weight is 286 g/mol. The summed E-state index contributed by atoms with van der Waals surface area (Å²) in [6.07, 6.45) is 3.30. The summed E-state index contributed by atoms with van der Waals surface area (Å²) in [6, 6.07) is 7.72. The number of hydrogen-bond donors (Lipinski definition) is 2. The number of nitrogens with one attached hydrogen (secondary N) is 2. The smallest absolute Gasteiger partial charge is 0.319 e. The highest BCUT2D eigenvalue weighted by atomic mass is 16.6. The lowest BCUT2D eigenvalue weighted by atomic mass is 10.2. The largest absolute Gasteiger partial charge is 0.334 e. The minimum absolute atomic E-state index is 0.0277. The zero-order valence-corrected chi connectivity index (χ0v) is 11.4. The van der Waals surface area contributed by atoms with E-state index in [2.05, 4.69) is 15.6 Å². The van der Waals surface area contributed by atoms with Gasteiger partial charge in [-0.3, -0.25) is 15.1 Å². The second-order valence-corrected chi connectivity index (χ2v) is 4.43. The number of nitro benzene ring substituents is 1. The molecule has 0 aliphatic heterocycles. The Morgan fingerprint density at radius 3 is 2.86 bits per heavy atom. The number of carbonyl (C=O) groups excluding carboxylic acids is 1. The summed E-state index contributed by atoms with van der Waals surface area (Å²) >= 11 is 0. The molecule has 2 aromatic rings. The van der Waals surface area contributed by atoms with Crippen molar-refractivity contribution in [2.24, 2.45) is 0 Å². The molecule has 1 heterocycles. The number of nitrogens with zero attached hydrogens (tertiary/aromatic N) is 2. The minimum Gasteiger partial charge on any atom is -0.334 e. The number of aromatic nitrogens is 1. The first-order chi connectivity index (χ1) is 10.1. The number of rotatable bonds is 4. The Hall–Kier alpha value is -2.96. The number of carbonyl (C=O) groups is 1. The fourth-order valence-electron chi connectivity index (χ4n) is 1.74. The lowest BCUT2D eigenvalue weighted by Crippen LogP contribution is -2.28. The summed E-state index contributed by atoms with van der Waals surface area (Å²) < 4.78 is 0. The minimum atomic E-state index is -0.478. The van der Waals surface area contributed by atoms with Gasteiger partial charge in [-0.25, -0.2) is 4.79 Å². The number of benzene rings is 1. The Morgan fingerprint density at radius 1 is 1.38 bits per heavy atom. The van der Waals surface area contributed by atoms with E-state index < -0.39 is 11.0 Å². The Labute approximate surface area is 121 Å².